The third-order valence-corrected chi connectivity index (χ3v) is 3.73. The number of anilines is 1. The smallest absolute Gasteiger partial charge is 0.119 e. The van der Waals surface area contributed by atoms with Crippen molar-refractivity contribution >= 4 is 17.3 Å². The van der Waals surface area contributed by atoms with Gasteiger partial charge in [0.25, 0.3) is 0 Å². The molecule has 0 amide bonds. The molecule has 0 aliphatic carbocycles. The minimum absolute atomic E-state index is 0.131. The first-order chi connectivity index (χ1) is 10.1. The zero-order valence-corrected chi connectivity index (χ0v) is 13.6. The van der Waals surface area contributed by atoms with Gasteiger partial charge in [0.2, 0.25) is 0 Å². The lowest BCUT2D eigenvalue weighted by atomic mass is 10.2. The molecule has 0 heterocycles. The Bertz CT molecular complexity index is 580. The summed E-state index contributed by atoms with van der Waals surface area (Å²) >= 11 is 6.04. The lowest BCUT2D eigenvalue weighted by Crippen LogP contribution is -2.25. The van der Waals surface area contributed by atoms with E-state index in [2.05, 4.69) is 38.2 Å². The molecule has 0 saturated heterocycles. The van der Waals surface area contributed by atoms with E-state index in [-0.39, 0.29) is 6.10 Å². The molecule has 0 aliphatic heterocycles. The molecular weight excluding hydrogens is 282 g/mol. The van der Waals surface area contributed by atoms with E-state index >= 15 is 0 Å². The van der Waals surface area contributed by atoms with Gasteiger partial charge in [-0.3, -0.25) is 0 Å². The number of ether oxygens (including phenoxy) is 1. The second kappa shape index (κ2) is 7.37. The van der Waals surface area contributed by atoms with Gasteiger partial charge >= 0.3 is 0 Å². The van der Waals surface area contributed by atoms with Gasteiger partial charge in [0.15, 0.2) is 0 Å². The largest absolute Gasteiger partial charge is 0.489 e. The summed E-state index contributed by atoms with van der Waals surface area (Å²) in [6.07, 6.45) is 1.08. The summed E-state index contributed by atoms with van der Waals surface area (Å²) in [4.78, 5) is 0. The van der Waals surface area contributed by atoms with Crippen molar-refractivity contribution in [2.75, 3.05) is 11.9 Å². The van der Waals surface area contributed by atoms with Crippen LogP contribution in [0.4, 0.5) is 5.69 Å². The maximum atomic E-state index is 6.04. The van der Waals surface area contributed by atoms with Crippen molar-refractivity contribution in [1.29, 1.82) is 0 Å². The van der Waals surface area contributed by atoms with Gasteiger partial charge in [0.05, 0.1) is 6.54 Å². The van der Waals surface area contributed by atoms with E-state index in [9.17, 15) is 0 Å². The van der Waals surface area contributed by atoms with Crippen molar-refractivity contribution in [1.82, 2.24) is 0 Å². The van der Waals surface area contributed by atoms with Crippen molar-refractivity contribution in [3.63, 3.8) is 0 Å². The molecule has 1 N–H and O–H groups in total. The summed E-state index contributed by atoms with van der Waals surface area (Å²) < 4.78 is 6.01. The van der Waals surface area contributed by atoms with Crippen LogP contribution in [0, 0.1) is 13.8 Å². The minimum Gasteiger partial charge on any atom is -0.489 e. The first-order valence-electron chi connectivity index (χ1n) is 7.32. The van der Waals surface area contributed by atoms with Crippen molar-refractivity contribution in [3.8, 4) is 5.75 Å². The molecule has 0 aromatic heterocycles. The Morgan fingerprint density at radius 2 is 1.81 bits per heavy atom. The first-order valence-corrected chi connectivity index (χ1v) is 7.69. The number of benzene rings is 2. The SMILES string of the molecule is CCC(CNc1cc(Cl)ccc1C)Oc1ccc(C)cc1. The molecule has 21 heavy (non-hydrogen) atoms. The molecule has 2 rings (SSSR count). The van der Waals surface area contributed by atoms with E-state index in [0.717, 1.165) is 29.4 Å². The second-order valence-electron chi connectivity index (χ2n) is 5.30. The van der Waals surface area contributed by atoms with Gasteiger partial charge in [-0.25, -0.2) is 0 Å². The number of nitrogens with one attached hydrogen (secondary N) is 1. The van der Waals surface area contributed by atoms with Crippen LogP contribution in [0.25, 0.3) is 0 Å². The van der Waals surface area contributed by atoms with Gasteiger partial charge in [-0.05, 0) is 50.1 Å². The van der Waals surface area contributed by atoms with Crippen LogP contribution >= 0.6 is 11.6 Å². The summed E-state index contributed by atoms with van der Waals surface area (Å²) in [5.74, 6) is 0.914. The molecule has 0 radical (unpaired) electrons. The fourth-order valence-corrected chi connectivity index (χ4v) is 2.26. The van der Waals surface area contributed by atoms with E-state index in [0.29, 0.717) is 0 Å². The molecule has 2 aromatic rings. The molecule has 2 aromatic carbocycles. The number of aryl methyl sites for hydroxylation is 2. The van der Waals surface area contributed by atoms with E-state index in [4.69, 9.17) is 16.3 Å². The highest BCUT2D eigenvalue weighted by Gasteiger charge is 2.09. The molecule has 3 heteroatoms. The zero-order chi connectivity index (χ0) is 15.2. The number of hydrogen-bond acceptors (Lipinski definition) is 2. The Hall–Kier alpha value is -1.67. The number of rotatable bonds is 6. The molecule has 112 valence electrons. The molecule has 0 saturated carbocycles. The third kappa shape index (κ3) is 4.68. The number of halogens is 1. The van der Waals surface area contributed by atoms with Gasteiger partial charge in [0, 0.05) is 10.7 Å². The average Bonchev–Trinajstić information content (AvgIpc) is 2.48. The van der Waals surface area contributed by atoms with Crippen molar-refractivity contribution < 1.29 is 4.74 Å². The molecule has 1 unspecified atom stereocenters. The summed E-state index contributed by atoms with van der Waals surface area (Å²) in [5, 5.41) is 4.17. The molecule has 0 aliphatic rings. The molecule has 1 atom stereocenters. The lowest BCUT2D eigenvalue weighted by Gasteiger charge is -2.20. The van der Waals surface area contributed by atoms with Crippen LogP contribution in [0.15, 0.2) is 42.5 Å². The monoisotopic (exact) mass is 303 g/mol. The highest BCUT2D eigenvalue weighted by molar-refractivity contribution is 6.30. The van der Waals surface area contributed by atoms with Gasteiger partial charge in [-0.15, -0.1) is 0 Å². The summed E-state index contributed by atoms with van der Waals surface area (Å²) in [5.41, 5.74) is 3.49. The highest BCUT2D eigenvalue weighted by Crippen LogP contribution is 2.21. The van der Waals surface area contributed by atoms with Crippen LogP contribution in [-0.4, -0.2) is 12.6 Å². The first kappa shape index (κ1) is 15.7. The Morgan fingerprint density at radius 1 is 1.10 bits per heavy atom. The lowest BCUT2D eigenvalue weighted by molar-refractivity contribution is 0.210. The van der Waals surface area contributed by atoms with Crippen LogP contribution in [0.2, 0.25) is 5.02 Å². The van der Waals surface area contributed by atoms with Crippen LogP contribution < -0.4 is 10.1 Å². The zero-order valence-electron chi connectivity index (χ0n) is 12.8. The van der Waals surface area contributed by atoms with Crippen LogP contribution in [-0.2, 0) is 0 Å². The Balaban J connectivity index is 1.96. The summed E-state index contributed by atoms with van der Waals surface area (Å²) in [6, 6.07) is 14.0. The third-order valence-electron chi connectivity index (χ3n) is 3.50. The topological polar surface area (TPSA) is 21.3 Å². The molecule has 0 bridgehead atoms. The standard InChI is InChI=1S/C18H22ClNO/c1-4-16(21-17-9-5-13(2)6-10-17)12-20-18-11-15(19)8-7-14(18)3/h5-11,16,20H,4,12H2,1-3H3. The molecule has 0 fully saturated rings. The normalized spacial score (nSPS) is 12.0. The predicted octanol–water partition coefficient (Wildman–Crippen LogP) is 5.23. The van der Waals surface area contributed by atoms with Crippen LogP contribution in [0.1, 0.15) is 24.5 Å². The van der Waals surface area contributed by atoms with Gasteiger partial charge in [0.1, 0.15) is 11.9 Å². The van der Waals surface area contributed by atoms with Crippen molar-refractivity contribution in [3.05, 3.63) is 58.6 Å². The Morgan fingerprint density at radius 3 is 2.48 bits per heavy atom. The number of hydrogen-bond donors (Lipinski definition) is 1. The molecule has 2 nitrogen and oxygen atoms in total. The van der Waals surface area contributed by atoms with Gasteiger partial charge < -0.3 is 10.1 Å². The van der Waals surface area contributed by atoms with Crippen LogP contribution in [0.3, 0.4) is 0 Å². The fraction of sp³-hybridized carbons (Fsp3) is 0.333. The fourth-order valence-electron chi connectivity index (χ4n) is 2.09. The van der Waals surface area contributed by atoms with Gasteiger partial charge in [-0.1, -0.05) is 42.3 Å². The molecular formula is C18H22ClNO. The average molecular weight is 304 g/mol. The van der Waals surface area contributed by atoms with E-state index < -0.39 is 0 Å². The Labute approximate surface area is 132 Å². The van der Waals surface area contributed by atoms with Crippen LogP contribution in [0.5, 0.6) is 5.75 Å². The second-order valence-corrected chi connectivity index (χ2v) is 5.74. The minimum atomic E-state index is 0.131. The summed E-state index contributed by atoms with van der Waals surface area (Å²) in [6.45, 7) is 7.03. The van der Waals surface area contributed by atoms with Gasteiger partial charge in [-0.2, -0.15) is 0 Å². The quantitative estimate of drug-likeness (QED) is 0.789. The maximum absolute atomic E-state index is 6.04. The summed E-state index contributed by atoms with van der Waals surface area (Å²) in [7, 11) is 0. The van der Waals surface area contributed by atoms with E-state index in [1.54, 1.807) is 0 Å². The Kier molecular flexibility index (Phi) is 5.51. The molecule has 0 spiro atoms. The highest BCUT2D eigenvalue weighted by atomic mass is 35.5. The van der Waals surface area contributed by atoms with E-state index in [1.165, 1.54) is 11.1 Å². The maximum Gasteiger partial charge on any atom is 0.119 e. The van der Waals surface area contributed by atoms with Crippen molar-refractivity contribution in [2.45, 2.75) is 33.3 Å². The van der Waals surface area contributed by atoms with E-state index in [1.807, 2.05) is 30.3 Å². The van der Waals surface area contributed by atoms with Crippen molar-refractivity contribution in [2.24, 2.45) is 0 Å². The predicted molar refractivity (Wildman–Crippen MR) is 90.6 cm³/mol.